The zero-order valence-electron chi connectivity index (χ0n) is 12.7. The summed E-state index contributed by atoms with van der Waals surface area (Å²) in [4.78, 5) is 2.53. The lowest BCUT2D eigenvalue weighted by Crippen LogP contribution is -2.66. The van der Waals surface area contributed by atoms with Crippen LogP contribution in [0.5, 0.6) is 0 Å². The van der Waals surface area contributed by atoms with Crippen molar-refractivity contribution < 1.29 is 8.91 Å². The molecule has 22 heavy (non-hydrogen) atoms. The van der Waals surface area contributed by atoms with Crippen molar-refractivity contribution in [1.29, 1.82) is 0 Å². The summed E-state index contributed by atoms with van der Waals surface area (Å²) in [6.45, 7) is 6.86. The fraction of sp³-hybridized carbons (Fsp3) is 0.562. The maximum Gasteiger partial charge on any atom is 0.190 e. The minimum atomic E-state index is -0.486. The number of piperidine rings is 3. The molecule has 2 aromatic rings. The van der Waals surface area contributed by atoms with Gasteiger partial charge in [-0.1, -0.05) is 16.8 Å². The van der Waals surface area contributed by atoms with Crippen LogP contribution in [0.3, 0.4) is 0 Å². The molecule has 3 saturated heterocycles. The Bertz CT molecular complexity index is 721. The van der Waals surface area contributed by atoms with Crippen LogP contribution in [0.15, 0.2) is 16.7 Å². The van der Waals surface area contributed by atoms with E-state index in [2.05, 4.69) is 29.2 Å². The number of aromatic nitrogens is 1. The third kappa shape index (κ3) is 1.95. The van der Waals surface area contributed by atoms with Crippen molar-refractivity contribution >= 4 is 28.4 Å². The lowest BCUT2D eigenvalue weighted by molar-refractivity contribution is -0.0189. The Balaban J connectivity index is 1.70. The highest BCUT2D eigenvalue weighted by molar-refractivity contribution is 6.35. The number of rotatable bonds is 2. The van der Waals surface area contributed by atoms with Gasteiger partial charge in [-0.3, -0.25) is 4.90 Å². The highest BCUT2D eigenvalue weighted by atomic mass is 35.5. The highest BCUT2D eigenvalue weighted by Gasteiger charge is 2.47. The minimum Gasteiger partial charge on any atom is -0.362 e. The first-order chi connectivity index (χ1) is 10.5. The number of halogens is 2. The Morgan fingerprint density at radius 2 is 2.09 bits per heavy atom. The Labute approximate surface area is 133 Å². The second-order valence-corrected chi connectivity index (χ2v) is 7.25. The molecule has 4 nitrogen and oxygen atoms in total. The molecule has 1 aromatic carbocycles. The van der Waals surface area contributed by atoms with Crippen molar-refractivity contribution in [2.24, 2.45) is 5.92 Å². The molecule has 0 unspecified atom stereocenters. The van der Waals surface area contributed by atoms with Gasteiger partial charge in [0.25, 0.3) is 0 Å². The van der Waals surface area contributed by atoms with E-state index in [0.29, 0.717) is 23.4 Å². The van der Waals surface area contributed by atoms with Crippen molar-refractivity contribution in [3.63, 3.8) is 0 Å². The molecule has 0 saturated carbocycles. The minimum absolute atomic E-state index is 0.00812. The predicted molar refractivity (Wildman–Crippen MR) is 84.8 cm³/mol. The van der Waals surface area contributed by atoms with Crippen LogP contribution in [0.1, 0.15) is 26.7 Å². The van der Waals surface area contributed by atoms with Crippen molar-refractivity contribution in [2.45, 2.75) is 38.3 Å². The molecule has 3 fully saturated rings. The van der Waals surface area contributed by atoms with Gasteiger partial charge in [0.1, 0.15) is 10.8 Å². The molecule has 6 heteroatoms. The quantitative estimate of drug-likeness (QED) is 0.910. The first kappa shape index (κ1) is 14.3. The normalized spacial score (nSPS) is 29.9. The molecular formula is C16H19ClFN3O. The number of benzene rings is 1. The summed E-state index contributed by atoms with van der Waals surface area (Å²) < 4.78 is 18.8. The van der Waals surface area contributed by atoms with Crippen LogP contribution in [0, 0.1) is 11.7 Å². The summed E-state index contributed by atoms with van der Waals surface area (Å²) in [6, 6.07) is 3.32. The third-order valence-corrected chi connectivity index (χ3v) is 5.76. The van der Waals surface area contributed by atoms with Gasteiger partial charge < -0.3 is 9.84 Å². The zero-order valence-corrected chi connectivity index (χ0v) is 13.5. The summed E-state index contributed by atoms with van der Waals surface area (Å²) in [5, 5.41) is 8.36. The lowest BCUT2D eigenvalue weighted by Gasteiger charge is -2.56. The van der Waals surface area contributed by atoms with Gasteiger partial charge in [0.2, 0.25) is 0 Å². The number of hydrogen-bond acceptors (Lipinski definition) is 4. The second-order valence-electron chi connectivity index (χ2n) is 6.87. The van der Waals surface area contributed by atoms with E-state index in [4.69, 9.17) is 16.1 Å². The predicted octanol–water partition coefficient (Wildman–Crippen LogP) is 3.91. The molecule has 0 amide bonds. The smallest absolute Gasteiger partial charge is 0.190 e. The van der Waals surface area contributed by atoms with Gasteiger partial charge in [-0.15, -0.1) is 0 Å². The largest absolute Gasteiger partial charge is 0.362 e. The van der Waals surface area contributed by atoms with Crippen LogP contribution >= 0.6 is 11.6 Å². The number of anilines is 1. The van der Waals surface area contributed by atoms with Gasteiger partial charge in [-0.25, -0.2) is 4.39 Å². The fourth-order valence-corrected chi connectivity index (χ4v) is 4.28. The average Bonchev–Trinajstić information content (AvgIpc) is 2.91. The van der Waals surface area contributed by atoms with E-state index in [0.717, 1.165) is 18.5 Å². The maximum atomic E-state index is 13.5. The van der Waals surface area contributed by atoms with Gasteiger partial charge in [0.15, 0.2) is 11.4 Å². The molecule has 1 atom stereocenters. The molecule has 1 N–H and O–H groups in total. The Morgan fingerprint density at radius 3 is 2.77 bits per heavy atom. The monoisotopic (exact) mass is 323 g/mol. The van der Waals surface area contributed by atoms with E-state index in [-0.39, 0.29) is 10.6 Å². The second kappa shape index (κ2) is 4.83. The molecule has 2 bridgehead atoms. The fourth-order valence-electron chi connectivity index (χ4n) is 4.08. The van der Waals surface area contributed by atoms with Crippen LogP contribution < -0.4 is 5.32 Å². The van der Waals surface area contributed by atoms with Gasteiger partial charge in [-0.05, 0) is 57.8 Å². The summed E-state index contributed by atoms with van der Waals surface area (Å²) >= 11 is 5.96. The standard InChI is InChI=1S/C16H19ClFN3O/c1-16(2)14(9-5-7-21(16)8-6-9)19-15-10-3-4-11(18)12(17)13(10)22-20-15/h3-4,9,14H,5-8H2,1-2H3,(H,19,20)/t14-/m0/s1. The first-order valence-electron chi connectivity index (χ1n) is 7.73. The first-order valence-corrected chi connectivity index (χ1v) is 8.11. The Kier molecular flexibility index (Phi) is 3.13. The van der Waals surface area contributed by atoms with Crippen molar-refractivity contribution in [2.75, 3.05) is 18.4 Å². The summed E-state index contributed by atoms with van der Waals surface area (Å²) in [5.74, 6) is 0.798. The van der Waals surface area contributed by atoms with E-state index < -0.39 is 5.82 Å². The maximum absolute atomic E-state index is 13.5. The Morgan fingerprint density at radius 1 is 1.36 bits per heavy atom. The van der Waals surface area contributed by atoms with Gasteiger partial charge in [0, 0.05) is 11.6 Å². The van der Waals surface area contributed by atoms with Crippen LogP contribution in [-0.4, -0.2) is 34.7 Å². The van der Waals surface area contributed by atoms with E-state index in [9.17, 15) is 4.39 Å². The highest BCUT2D eigenvalue weighted by Crippen LogP contribution is 2.41. The van der Waals surface area contributed by atoms with Crippen LogP contribution in [0.25, 0.3) is 11.0 Å². The summed E-state index contributed by atoms with van der Waals surface area (Å²) in [6.07, 6.45) is 2.40. The van der Waals surface area contributed by atoms with Gasteiger partial charge >= 0.3 is 0 Å². The number of nitrogens with one attached hydrogen (secondary N) is 1. The molecule has 118 valence electrons. The molecule has 1 aromatic heterocycles. The molecule has 3 aliphatic heterocycles. The van der Waals surface area contributed by atoms with Crippen LogP contribution in [0.4, 0.5) is 10.2 Å². The van der Waals surface area contributed by atoms with Gasteiger partial charge in [0.05, 0.1) is 5.39 Å². The zero-order chi connectivity index (χ0) is 15.5. The number of fused-ring (bicyclic) bond motifs is 4. The molecule has 0 spiro atoms. The molecular weight excluding hydrogens is 305 g/mol. The number of nitrogens with zero attached hydrogens (tertiary/aromatic N) is 2. The van der Waals surface area contributed by atoms with Gasteiger partial charge in [-0.2, -0.15) is 0 Å². The molecule has 0 radical (unpaired) electrons. The third-order valence-electron chi connectivity index (χ3n) is 5.41. The number of hydrogen-bond donors (Lipinski definition) is 1. The van der Waals surface area contributed by atoms with E-state index in [1.54, 1.807) is 6.07 Å². The van der Waals surface area contributed by atoms with Crippen LogP contribution in [0.2, 0.25) is 5.02 Å². The van der Waals surface area contributed by atoms with E-state index >= 15 is 0 Å². The van der Waals surface area contributed by atoms with Crippen molar-refractivity contribution in [1.82, 2.24) is 10.1 Å². The van der Waals surface area contributed by atoms with E-state index in [1.165, 1.54) is 18.9 Å². The van der Waals surface area contributed by atoms with E-state index in [1.807, 2.05) is 0 Å². The lowest BCUT2D eigenvalue weighted by atomic mass is 9.72. The SMILES string of the molecule is CC1(C)[C@@H](Nc2noc3c(Cl)c(F)ccc23)C2CCN1CC2. The summed E-state index contributed by atoms with van der Waals surface area (Å²) in [7, 11) is 0. The molecule has 5 rings (SSSR count). The molecule has 0 aliphatic carbocycles. The Hall–Kier alpha value is -1.33. The molecule has 4 heterocycles. The van der Waals surface area contributed by atoms with Crippen molar-refractivity contribution in [3.8, 4) is 0 Å². The van der Waals surface area contributed by atoms with Crippen molar-refractivity contribution in [3.05, 3.63) is 23.0 Å². The average molecular weight is 324 g/mol. The summed E-state index contributed by atoms with van der Waals surface area (Å²) in [5.41, 5.74) is 0.374. The topological polar surface area (TPSA) is 41.3 Å². The van der Waals surface area contributed by atoms with Crippen LogP contribution in [-0.2, 0) is 0 Å². The molecule has 3 aliphatic rings.